The van der Waals surface area contributed by atoms with E-state index in [4.69, 9.17) is 0 Å². The highest BCUT2D eigenvalue weighted by Crippen LogP contribution is 2.24. The Kier molecular flexibility index (Phi) is 5.10. The fourth-order valence-electron chi connectivity index (χ4n) is 3.30. The van der Waals surface area contributed by atoms with Gasteiger partial charge in [0.05, 0.1) is 11.4 Å². The molecule has 0 unspecified atom stereocenters. The molecule has 6 nitrogen and oxygen atoms in total. The summed E-state index contributed by atoms with van der Waals surface area (Å²) in [5, 5.41) is 3.07. The second kappa shape index (κ2) is 7.11. The highest BCUT2D eigenvalue weighted by atomic mass is 32.2. The molecule has 2 aliphatic heterocycles. The third-order valence-corrected chi connectivity index (χ3v) is 6.67. The lowest BCUT2D eigenvalue weighted by Crippen LogP contribution is -2.43. The van der Waals surface area contributed by atoms with Crippen molar-refractivity contribution in [1.82, 2.24) is 10.2 Å². The summed E-state index contributed by atoms with van der Waals surface area (Å²) in [6, 6.07) is 7.13. The number of hydrogen-bond donors (Lipinski definition) is 1. The fraction of sp³-hybridized carbons (Fsp3) is 0.588. The van der Waals surface area contributed by atoms with Crippen molar-refractivity contribution in [3.8, 4) is 0 Å². The van der Waals surface area contributed by atoms with Crippen LogP contribution in [0.3, 0.4) is 0 Å². The van der Waals surface area contributed by atoms with E-state index in [1.54, 1.807) is 24.3 Å². The van der Waals surface area contributed by atoms with Crippen molar-refractivity contribution in [3.05, 3.63) is 29.8 Å². The monoisotopic (exact) mass is 351 g/mol. The summed E-state index contributed by atoms with van der Waals surface area (Å²) in [7, 11) is -1.17. The van der Waals surface area contributed by atoms with Gasteiger partial charge in [-0.25, -0.2) is 8.42 Å². The summed E-state index contributed by atoms with van der Waals surface area (Å²) in [4.78, 5) is 14.8. The Morgan fingerprint density at radius 1 is 1.17 bits per heavy atom. The van der Waals surface area contributed by atoms with Crippen LogP contribution in [0.1, 0.15) is 36.0 Å². The van der Waals surface area contributed by atoms with Crippen LogP contribution in [0.5, 0.6) is 0 Å². The molecule has 0 radical (unpaired) electrons. The van der Waals surface area contributed by atoms with E-state index in [0.29, 0.717) is 24.2 Å². The van der Waals surface area contributed by atoms with Crippen LogP contribution in [0.2, 0.25) is 0 Å². The molecular weight excluding hydrogens is 326 g/mol. The molecule has 2 saturated heterocycles. The van der Waals surface area contributed by atoms with E-state index in [-0.39, 0.29) is 17.7 Å². The molecule has 2 aliphatic rings. The van der Waals surface area contributed by atoms with Gasteiger partial charge in [0.25, 0.3) is 5.91 Å². The van der Waals surface area contributed by atoms with Crippen molar-refractivity contribution in [2.45, 2.75) is 31.7 Å². The van der Waals surface area contributed by atoms with E-state index in [1.807, 2.05) is 0 Å². The summed E-state index contributed by atoms with van der Waals surface area (Å²) in [5.74, 6) is 0.0553. The largest absolute Gasteiger partial charge is 0.349 e. The van der Waals surface area contributed by atoms with Crippen LogP contribution in [-0.4, -0.2) is 57.7 Å². The molecule has 0 aromatic heterocycles. The van der Waals surface area contributed by atoms with Gasteiger partial charge in [-0.2, -0.15) is 0 Å². The molecule has 24 heavy (non-hydrogen) atoms. The normalized spacial score (nSPS) is 22.3. The molecule has 0 aliphatic carbocycles. The van der Waals surface area contributed by atoms with Crippen molar-refractivity contribution in [2.24, 2.45) is 0 Å². The van der Waals surface area contributed by atoms with Crippen molar-refractivity contribution in [3.63, 3.8) is 0 Å². The van der Waals surface area contributed by atoms with Crippen LogP contribution < -0.4 is 9.62 Å². The van der Waals surface area contributed by atoms with E-state index in [9.17, 15) is 13.2 Å². The van der Waals surface area contributed by atoms with Gasteiger partial charge in [-0.3, -0.25) is 9.10 Å². The average molecular weight is 351 g/mol. The zero-order chi connectivity index (χ0) is 17.2. The molecule has 2 heterocycles. The average Bonchev–Trinajstić information content (AvgIpc) is 2.56. The molecule has 1 aromatic carbocycles. The van der Waals surface area contributed by atoms with Crippen LogP contribution in [0, 0.1) is 0 Å². The van der Waals surface area contributed by atoms with E-state index >= 15 is 0 Å². The number of sulfonamides is 1. The van der Waals surface area contributed by atoms with Crippen molar-refractivity contribution >= 4 is 21.6 Å². The maximum absolute atomic E-state index is 12.5. The highest BCUT2D eigenvalue weighted by Gasteiger charge is 2.26. The van der Waals surface area contributed by atoms with Crippen molar-refractivity contribution < 1.29 is 13.2 Å². The maximum Gasteiger partial charge on any atom is 0.251 e. The number of amides is 1. The number of carbonyl (C=O) groups excluding carboxylic acids is 1. The number of hydrogen-bond acceptors (Lipinski definition) is 4. The minimum absolute atomic E-state index is 0.124. The zero-order valence-corrected chi connectivity index (χ0v) is 14.9. The molecule has 0 spiro atoms. The van der Waals surface area contributed by atoms with Gasteiger partial charge in [0, 0.05) is 18.2 Å². The number of nitrogens with zero attached hydrogens (tertiary/aromatic N) is 2. The zero-order valence-electron chi connectivity index (χ0n) is 14.1. The molecule has 2 fully saturated rings. The second-order valence-corrected chi connectivity index (χ2v) is 8.71. The lowest BCUT2D eigenvalue weighted by atomic mass is 10.0. The van der Waals surface area contributed by atoms with Gasteiger partial charge in [0.1, 0.15) is 0 Å². The minimum atomic E-state index is -3.26. The molecule has 7 heteroatoms. The van der Waals surface area contributed by atoms with Crippen LogP contribution in [0.15, 0.2) is 24.3 Å². The first-order chi connectivity index (χ1) is 11.5. The van der Waals surface area contributed by atoms with E-state index in [2.05, 4.69) is 17.3 Å². The quantitative estimate of drug-likeness (QED) is 0.895. The number of carbonyl (C=O) groups is 1. The van der Waals surface area contributed by atoms with Crippen LogP contribution in [0.4, 0.5) is 5.69 Å². The summed E-state index contributed by atoms with van der Waals surface area (Å²) in [6.07, 6.45) is 3.45. The molecule has 1 amide bonds. The van der Waals surface area contributed by atoms with Crippen LogP contribution in [0.25, 0.3) is 0 Å². The van der Waals surface area contributed by atoms with Crippen LogP contribution >= 0.6 is 0 Å². The van der Waals surface area contributed by atoms with E-state index in [1.165, 1.54) is 4.31 Å². The predicted molar refractivity (Wildman–Crippen MR) is 94.8 cm³/mol. The molecule has 0 saturated carbocycles. The summed E-state index contributed by atoms with van der Waals surface area (Å²) in [5.41, 5.74) is 1.11. The molecule has 132 valence electrons. The lowest BCUT2D eigenvalue weighted by molar-refractivity contribution is 0.0917. The molecule has 3 rings (SSSR count). The van der Waals surface area contributed by atoms with Crippen molar-refractivity contribution in [2.75, 3.05) is 36.7 Å². The highest BCUT2D eigenvalue weighted by molar-refractivity contribution is 7.92. The van der Waals surface area contributed by atoms with E-state index < -0.39 is 10.0 Å². The van der Waals surface area contributed by atoms with Gasteiger partial charge in [-0.05, 0) is 64.0 Å². The lowest BCUT2D eigenvalue weighted by Gasteiger charge is -2.30. The van der Waals surface area contributed by atoms with Gasteiger partial charge < -0.3 is 10.2 Å². The third kappa shape index (κ3) is 3.89. The fourth-order valence-corrected chi connectivity index (χ4v) is 4.93. The SMILES string of the molecule is CN1CCC(NC(=O)c2cccc(N3CCCCS3(=O)=O)c2)CC1. The van der Waals surface area contributed by atoms with Gasteiger partial charge >= 0.3 is 0 Å². The Hall–Kier alpha value is -1.60. The Morgan fingerprint density at radius 2 is 1.92 bits per heavy atom. The Labute approximate surface area is 143 Å². The predicted octanol–water partition coefficient (Wildman–Crippen LogP) is 1.44. The first-order valence-corrected chi connectivity index (χ1v) is 10.2. The standard InChI is InChI=1S/C17H25N3O3S/c1-19-10-7-15(8-11-19)18-17(21)14-5-4-6-16(13-14)20-9-2-3-12-24(20,22)23/h4-6,13,15H,2-3,7-12H2,1H3,(H,18,21). The van der Waals surface area contributed by atoms with Crippen molar-refractivity contribution in [1.29, 1.82) is 0 Å². The molecule has 1 aromatic rings. The topological polar surface area (TPSA) is 69.7 Å². The minimum Gasteiger partial charge on any atom is -0.349 e. The number of benzene rings is 1. The van der Waals surface area contributed by atoms with E-state index in [0.717, 1.165) is 32.4 Å². The molecule has 0 bridgehead atoms. The number of anilines is 1. The van der Waals surface area contributed by atoms with Crippen LogP contribution in [-0.2, 0) is 10.0 Å². The molecule has 1 N–H and O–H groups in total. The smallest absolute Gasteiger partial charge is 0.251 e. The first-order valence-electron chi connectivity index (χ1n) is 8.55. The summed E-state index contributed by atoms with van der Waals surface area (Å²) in [6.45, 7) is 2.45. The van der Waals surface area contributed by atoms with Gasteiger partial charge in [0.2, 0.25) is 10.0 Å². The van der Waals surface area contributed by atoms with Gasteiger partial charge in [0.15, 0.2) is 0 Å². The summed E-state index contributed by atoms with van der Waals surface area (Å²) < 4.78 is 25.9. The van der Waals surface area contributed by atoms with Gasteiger partial charge in [-0.1, -0.05) is 6.07 Å². The second-order valence-electron chi connectivity index (χ2n) is 6.70. The number of likely N-dealkylation sites (tertiary alicyclic amines) is 1. The Balaban J connectivity index is 1.71. The number of rotatable bonds is 3. The van der Waals surface area contributed by atoms with Gasteiger partial charge in [-0.15, -0.1) is 0 Å². The first kappa shape index (κ1) is 17.2. The third-order valence-electron chi connectivity index (χ3n) is 4.80. The number of piperidine rings is 1. The Bertz CT molecular complexity index is 697. The molecular formula is C17H25N3O3S. The molecule has 0 atom stereocenters. The summed E-state index contributed by atoms with van der Waals surface area (Å²) >= 11 is 0. The Morgan fingerprint density at radius 3 is 2.62 bits per heavy atom. The number of nitrogens with one attached hydrogen (secondary N) is 1. The maximum atomic E-state index is 12.5.